The maximum absolute atomic E-state index is 12.0. The van der Waals surface area contributed by atoms with Crippen LogP contribution in [0.25, 0.3) is 0 Å². The first-order valence-electron chi connectivity index (χ1n) is 6.59. The van der Waals surface area contributed by atoms with E-state index in [1.165, 1.54) is 5.56 Å². The van der Waals surface area contributed by atoms with Crippen molar-refractivity contribution in [3.8, 4) is 0 Å². The van der Waals surface area contributed by atoms with Crippen molar-refractivity contribution in [2.24, 2.45) is 0 Å². The second-order valence-electron chi connectivity index (χ2n) is 5.99. The molecule has 0 saturated carbocycles. The van der Waals surface area contributed by atoms with E-state index in [2.05, 4.69) is 31.4 Å². The minimum Gasteiger partial charge on any atom is -0.348 e. The molecule has 0 aliphatic carbocycles. The molecule has 1 aromatic rings. The van der Waals surface area contributed by atoms with Crippen LogP contribution in [0, 0.1) is 0 Å². The van der Waals surface area contributed by atoms with Gasteiger partial charge in [0.25, 0.3) is 5.91 Å². The molecule has 1 aromatic carbocycles. The maximum atomic E-state index is 12.0. The first-order valence-corrected chi connectivity index (χ1v) is 6.59. The standard InChI is InChI=1S/C15H22N2O/c1-15(2,3)12-6-4-11(5-7-12)14(18)17-13-8-9-16-10-13/h4-7,13,16H,8-10H2,1-3H3,(H,17,18). The van der Waals surface area contributed by atoms with Crippen LogP contribution in [-0.2, 0) is 5.41 Å². The van der Waals surface area contributed by atoms with Gasteiger partial charge >= 0.3 is 0 Å². The molecule has 1 atom stereocenters. The molecule has 3 nitrogen and oxygen atoms in total. The molecule has 0 aromatic heterocycles. The molecule has 1 fully saturated rings. The molecular formula is C15H22N2O. The Bertz CT molecular complexity index is 411. The van der Waals surface area contributed by atoms with Gasteiger partial charge in [-0.05, 0) is 36.1 Å². The molecule has 1 unspecified atom stereocenters. The summed E-state index contributed by atoms with van der Waals surface area (Å²) in [6, 6.07) is 8.19. The summed E-state index contributed by atoms with van der Waals surface area (Å²) in [6.45, 7) is 8.39. The van der Waals surface area contributed by atoms with E-state index in [9.17, 15) is 4.79 Å². The summed E-state index contributed by atoms with van der Waals surface area (Å²) in [5, 5.41) is 6.30. The summed E-state index contributed by atoms with van der Waals surface area (Å²) < 4.78 is 0. The highest BCUT2D eigenvalue weighted by molar-refractivity contribution is 5.94. The van der Waals surface area contributed by atoms with Crippen LogP contribution in [-0.4, -0.2) is 25.0 Å². The quantitative estimate of drug-likeness (QED) is 0.839. The smallest absolute Gasteiger partial charge is 0.251 e. The van der Waals surface area contributed by atoms with Crippen LogP contribution in [0.5, 0.6) is 0 Å². The minimum absolute atomic E-state index is 0.0316. The van der Waals surface area contributed by atoms with E-state index >= 15 is 0 Å². The number of carbonyl (C=O) groups excluding carboxylic acids is 1. The third-order valence-corrected chi connectivity index (χ3v) is 3.41. The number of hydrogen-bond acceptors (Lipinski definition) is 2. The zero-order valence-electron chi connectivity index (χ0n) is 11.4. The molecule has 1 aliphatic rings. The first kappa shape index (κ1) is 13.1. The van der Waals surface area contributed by atoms with Crippen LogP contribution in [0.3, 0.4) is 0 Å². The second kappa shape index (κ2) is 5.11. The summed E-state index contributed by atoms with van der Waals surface area (Å²) in [7, 11) is 0. The molecule has 1 heterocycles. The normalized spacial score (nSPS) is 19.8. The van der Waals surface area contributed by atoms with E-state index < -0.39 is 0 Å². The average molecular weight is 246 g/mol. The van der Waals surface area contributed by atoms with Gasteiger partial charge in [-0.25, -0.2) is 0 Å². The maximum Gasteiger partial charge on any atom is 0.251 e. The van der Waals surface area contributed by atoms with E-state index in [1.54, 1.807) is 0 Å². The van der Waals surface area contributed by atoms with Crippen molar-refractivity contribution in [3.05, 3.63) is 35.4 Å². The second-order valence-corrected chi connectivity index (χ2v) is 5.99. The highest BCUT2D eigenvalue weighted by atomic mass is 16.1. The lowest BCUT2D eigenvalue weighted by molar-refractivity contribution is 0.0940. The zero-order chi connectivity index (χ0) is 13.2. The van der Waals surface area contributed by atoms with Gasteiger partial charge in [0.15, 0.2) is 0 Å². The minimum atomic E-state index is 0.0316. The number of benzene rings is 1. The summed E-state index contributed by atoms with van der Waals surface area (Å²) in [4.78, 5) is 12.0. The molecule has 3 heteroatoms. The Morgan fingerprint density at radius 2 is 1.94 bits per heavy atom. The number of amides is 1. The molecule has 98 valence electrons. The lowest BCUT2D eigenvalue weighted by atomic mass is 9.86. The Hall–Kier alpha value is -1.35. The highest BCUT2D eigenvalue weighted by Crippen LogP contribution is 2.22. The van der Waals surface area contributed by atoms with E-state index in [-0.39, 0.29) is 17.4 Å². The molecule has 0 bridgehead atoms. The first-order chi connectivity index (χ1) is 8.47. The molecule has 1 amide bonds. The summed E-state index contributed by atoms with van der Waals surface area (Å²) >= 11 is 0. The van der Waals surface area contributed by atoms with Crippen LogP contribution in [0.15, 0.2) is 24.3 Å². The van der Waals surface area contributed by atoms with Crippen molar-refractivity contribution in [3.63, 3.8) is 0 Å². The number of carbonyl (C=O) groups is 1. The Labute approximate surface area is 109 Å². The van der Waals surface area contributed by atoms with E-state index in [0.717, 1.165) is 25.1 Å². The molecular weight excluding hydrogens is 224 g/mol. The van der Waals surface area contributed by atoms with Gasteiger partial charge in [0.1, 0.15) is 0 Å². The van der Waals surface area contributed by atoms with Gasteiger partial charge in [-0.2, -0.15) is 0 Å². The van der Waals surface area contributed by atoms with E-state index in [1.807, 2.05) is 24.3 Å². The molecule has 0 spiro atoms. The van der Waals surface area contributed by atoms with Crippen molar-refractivity contribution in [1.82, 2.24) is 10.6 Å². The third-order valence-electron chi connectivity index (χ3n) is 3.41. The fraction of sp³-hybridized carbons (Fsp3) is 0.533. The van der Waals surface area contributed by atoms with Gasteiger partial charge in [-0.15, -0.1) is 0 Å². The van der Waals surface area contributed by atoms with Crippen LogP contribution in [0.2, 0.25) is 0 Å². The summed E-state index contributed by atoms with van der Waals surface area (Å²) in [5.74, 6) is 0.0316. The monoisotopic (exact) mass is 246 g/mol. The largest absolute Gasteiger partial charge is 0.348 e. The van der Waals surface area contributed by atoms with Gasteiger partial charge in [0.05, 0.1) is 0 Å². The molecule has 2 N–H and O–H groups in total. The Balaban J connectivity index is 2.02. The highest BCUT2D eigenvalue weighted by Gasteiger charge is 2.18. The van der Waals surface area contributed by atoms with Gasteiger partial charge in [0, 0.05) is 18.2 Å². The lowest BCUT2D eigenvalue weighted by Crippen LogP contribution is -2.36. The molecule has 2 rings (SSSR count). The Morgan fingerprint density at radius 1 is 1.28 bits per heavy atom. The van der Waals surface area contributed by atoms with E-state index in [4.69, 9.17) is 0 Å². The third kappa shape index (κ3) is 3.10. The van der Waals surface area contributed by atoms with Crippen molar-refractivity contribution in [2.45, 2.75) is 38.6 Å². The summed E-state index contributed by atoms with van der Waals surface area (Å²) in [5.41, 5.74) is 2.13. The molecule has 1 saturated heterocycles. The lowest BCUT2D eigenvalue weighted by Gasteiger charge is -2.19. The fourth-order valence-electron chi connectivity index (χ4n) is 2.17. The van der Waals surface area contributed by atoms with Crippen molar-refractivity contribution in [2.75, 3.05) is 13.1 Å². The number of nitrogens with one attached hydrogen (secondary N) is 2. The Morgan fingerprint density at radius 3 is 2.44 bits per heavy atom. The fourth-order valence-corrected chi connectivity index (χ4v) is 2.17. The SMILES string of the molecule is CC(C)(C)c1ccc(C(=O)NC2CCNC2)cc1. The molecule has 1 aliphatic heterocycles. The predicted molar refractivity (Wildman–Crippen MR) is 73.9 cm³/mol. The van der Waals surface area contributed by atoms with Crippen LogP contribution in [0.1, 0.15) is 43.1 Å². The van der Waals surface area contributed by atoms with Crippen LogP contribution >= 0.6 is 0 Å². The molecule has 0 radical (unpaired) electrons. The van der Waals surface area contributed by atoms with Gasteiger partial charge in [-0.1, -0.05) is 32.9 Å². The van der Waals surface area contributed by atoms with Crippen LogP contribution < -0.4 is 10.6 Å². The van der Waals surface area contributed by atoms with Crippen molar-refractivity contribution in [1.29, 1.82) is 0 Å². The number of rotatable bonds is 2. The van der Waals surface area contributed by atoms with Crippen molar-refractivity contribution < 1.29 is 4.79 Å². The summed E-state index contributed by atoms with van der Waals surface area (Å²) in [6.07, 6.45) is 1.02. The van der Waals surface area contributed by atoms with Crippen LogP contribution in [0.4, 0.5) is 0 Å². The topological polar surface area (TPSA) is 41.1 Å². The van der Waals surface area contributed by atoms with Crippen molar-refractivity contribution >= 4 is 5.91 Å². The molecule has 18 heavy (non-hydrogen) atoms. The van der Waals surface area contributed by atoms with E-state index in [0.29, 0.717) is 0 Å². The van der Waals surface area contributed by atoms with Gasteiger partial charge in [-0.3, -0.25) is 4.79 Å². The predicted octanol–water partition coefficient (Wildman–Crippen LogP) is 2.08. The zero-order valence-corrected chi connectivity index (χ0v) is 11.4. The van der Waals surface area contributed by atoms with Gasteiger partial charge < -0.3 is 10.6 Å². The van der Waals surface area contributed by atoms with Gasteiger partial charge in [0.2, 0.25) is 0 Å². The average Bonchev–Trinajstić information content (AvgIpc) is 2.81. The Kier molecular flexibility index (Phi) is 3.71. The number of hydrogen-bond donors (Lipinski definition) is 2.